The number of anilines is 1. The van der Waals surface area contributed by atoms with Crippen LogP contribution in [-0.4, -0.2) is 20.5 Å². The Bertz CT molecular complexity index is 1060. The first-order valence-electron chi connectivity index (χ1n) is 9.49. The van der Waals surface area contributed by atoms with Crippen molar-refractivity contribution in [3.63, 3.8) is 0 Å². The summed E-state index contributed by atoms with van der Waals surface area (Å²) in [7, 11) is 0. The third-order valence-corrected chi connectivity index (χ3v) is 5.23. The van der Waals surface area contributed by atoms with Gasteiger partial charge in [0.05, 0.1) is 0 Å². The molecule has 2 heterocycles. The molecule has 1 aliphatic carbocycles. The second-order valence-corrected chi connectivity index (χ2v) is 7.07. The molecule has 0 radical (unpaired) electrons. The van der Waals surface area contributed by atoms with Crippen molar-refractivity contribution in [3.05, 3.63) is 83.3 Å². The molecule has 1 aromatic heterocycles. The molecule has 0 saturated carbocycles. The highest BCUT2D eigenvalue weighted by Gasteiger charge is 2.36. The number of carbonyl (C=O) groups is 1. The molecular formula is C22H20N4O2. The van der Waals surface area contributed by atoms with Crippen LogP contribution >= 0.6 is 0 Å². The van der Waals surface area contributed by atoms with Crippen LogP contribution in [0.3, 0.4) is 0 Å². The molecule has 2 aliphatic rings. The lowest BCUT2D eigenvalue weighted by Crippen LogP contribution is -2.31. The van der Waals surface area contributed by atoms with Crippen molar-refractivity contribution in [1.82, 2.24) is 14.8 Å². The molecule has 28 heavy (non-hydrogen) atoms. The first kappa shape index (κ1) is 16.7. The predicted octanol–water partition coefficient (Wildman–Crippen LogP) is 3.88. The first-order valence-corrected chi connectivity index (χ1v) is 9.49. The van der Waals surface area contributed by atoms with Crippen molar-refractivity contribution in [2.24, 2.45) is 0 Å². The highest BCUT2D eigenvalue weighted by Crippen LogP contribution is 2.40. The van der Waals surface area contributed by atoms with Crippen LogP contribution in [0.15, 0.2) is 72.2 Å². The Hall–Kier alpha value is -3.41. The van der Waals surface area contributed by atoms with Crippen LogP contribution in [0, 0.1) is 0 Å². The third kappa shape index (κ3) is 2.97. The van der Waals surface area contributed by atoms with Crippen LogP contribution in [0.5, 0.6) is 5.75 Å². The molecule has 1 unspecified atom stereocenters. The number of fused-ring (bicyclic) bond motifs is 1. The van der Waals surface area contributed by atoms with Gasteiger partial charge in [-0.05, 0) is 36.1 Å². The van der Waals surface area contributed by atoms with Gasteiger partial charge in [-0.1, -0.05) is 42.5 Å². The lowest BCUT2D eigenvalue weighted by Gasteiger charge is -2.32. The van der Waals surface area contributed by atoms with E-state index in [2.05, 4.69) is 15.4 Å². The fourth-order valence-electron chi connectivity index (χ4n) is 3.92. The number of nitrogens with one attached hydrogen (secondary N) is 1. The first-order chi connectivity index (χ1) is 13.8. The van der Waals surface area contributed by atoms with E-state index < -0.39 is 0 Å². The molecule has 0 fully saturated rings. The van der Waals surface area contributed by atoms with E-state index in [0.29, 0.717) is 19.0 Å². The van der Waals surface area contributed by atoms with Gasteiger partial charge in [0.15, 0.2) is 5.78 Å². The van der Waals surface area contributed by atoms with E-state index in [0.717, 1.165) is 41.0 Å². The highest BCUT2D eigenvalue weighted by molar-refractivity contribution is 5.99. The predicted molar refractivity (Wildman–Crippen MR) is 105 cm³/mol. The average Bonchev–Trinajstić information content (AvgIpc) is 3.20. The largest absolute Gasteiger partial charge is 0.489 e. The summed E-state index contributed by atoms with van der Waals surface area (Å²) in [4.78, 5) is 17.1. The van der Waals surface area contributed by atoms with E-state index in [9.17, 15) is 4.79 Å². The molecule has 2 aromatic carbocycles. The average molecular weight is 372 g/mol. The van der Waals surface area contributed by atoms with Gasteiger partial charge in [0.1, 0.15) is 24.7 Å². The molecule has 6 nitrogen and oxygen atoms in total. The van der Waals surface area contributed by atoms with Crippen LogP contribution in [0.25, 0.3) is 0 Å². The number of hydrogen-bond acceptors (Lipinski definition) is 5. The standard InChI is InChI=1S/C22H20N4O2/c27-19-11-5-10-18-20(19)21(26-22(25-18)23-14-24-26)16-8-4-9-17(12-16)28-13-15-6-2-1-3-7-15/h1-4,6-9,12,14,21H,5,10-11,13H2,(H,23,24,25). The normalized spacial score (nSPS) is 18.3. The summed E-state index contributed by atoms with van der Waals surface area (Å²) in [5.74, 6) is 1.62. The van der Waals surface area contributed by atoms with Crippen LogP contribution in [0.2, 0.25) is 0 Å². The zero-order valence-electron chi connectivity index (χ0n) is 15.3. The van der Waals surface area contributed by atoms with Gasteiger partial charge >= 0.3 is 0 Å². The lowest BCUT2D eigenvalue weighted by atomic mass is 9.85. The van der Waals surface area contributed by atoms with Gasteiger partial charge in [-0.15, -0.1) is 0 Å². The van der Waals surface area contributed by atoms with Crippen LogP contribution in [0.4, 0.5) is 5.95 Å². The number of ether oxygens (including phenoxy) is 1. The summed E-state index contributed by atoms with van der Waals surface area (Å²) in [6.07, 6.45) is 3.82. The van der Waals surface area contributed by atoms with E-state index in [1.165, 1.54) is 6.33 Å². The number of carbonyl (C=O) groups excluding carboxylic acids is 1. The fraction of sp³-hybridized carbons (Fsp3) is 0.227. The van der Waals surface area contributed by atoms with Crippen molar-refractivity contribution in [1.29, 1.82) is 0 Å². The minimum Gasteiger partial charge on any atom is -0.489 e. The number of Topliss-reactive ketones (excluding diaryl/α,β-unsaturated/α-hetero) is 1. The van der Waals surface area contributed by atoms with Gasteiger partial charge in [0.2, 0.25) is 5.95 Å². The molecule has 6 heteroatoms. The minimum absolute atomic E-state index is 0.176. The van der Waals surface area contributed by atoms with E-state index in [1.807, 2.05) is 54.6 Å². The smallest absolute Gasteiger partial charge is 0.226 e. The molecule has 0 bridgehead atoms. The van der Waals surface area contributed by atoms with Gasteiger partial charge in [-0.2, -0.15) is 10.1 Å². The SMILES string of the molecule is O=C1CCCC2=C1C(c1cccc(OCc3ccccc3)c1)n1ncnc1N2. The Morgan fingerprint density at radius 2 is 2.00 bits per heavy atom. The highest BCUT2D eigenvalue weighted by atomic mass is 16.5. The van der Waals surface area contributed by atoms with Gasteiger partial charge in [0, 0.05) is 17.7 Å². The lowest BCUT2D eigenvalue weighted by molar-refractivity contribution is -0.116. The van der Waals surface area contributed by atoms with E-state index in [-0.39, 0.29) is 11.8 Å². The van der Waals surface area contributed by atoms with Crippen molar-refractivity contribution < 1.29 is 9.53 Å². The van der Waals surface area contributed by atoms with E-state index in [4.69, 9.17) is 4.74 Å². The zero-order valence-corrected chi connectivity index (χ0v) is 15.3. The van der Waals surface area contributed by atoms with Crippen LogP contribution in [-0.2, 0) is 11.4 Å². The molecule has 3 aromatic rings. The summed E-state index contributed by atoms with van der Waals surface area (Å²) >= 11 is 0. The monoisotopic (exact) mass is 372 g/mol. The maximum Gasteiger partial charge on any atom is 0.226 e. The van der Waals surface area contributed by atoms with Crippen LogP contribution in [0.1, 0.15) is 36.4 Å². The molecule has 5 rings (SSSR count). The number of allylic oxidation sites excluding steroid dienone is 2. The summed E-state index contributed by atoms with van der Waals surface area (Å²) in [5, 5.41) is 7.67. The van der Waals surface area contributed by atoms with Gasteiger partial charge in [-0.3, -0.25) is 4.79 Å². The maximum atomic E-state index is 12.7. The Morgan fingerprint density at radius 1 is 1.11 bits per heavy atom. The molecule has 1 aliphatic heterocycles. The number of benzene rings is 2. The van der Waals surface area contributed by atoms with Gasteiger partial charge in [0.25, 0.3) is 0 Å². The van der Waals surface area contributed by atoms with Crippen molar-refractivity contribution in [3.8, 4) is 5.75 Å². The molecule has 140 valence electrons. The summed E-state index contributed by atoms with van der Waals surface area (Å²) < 4.78 is 7.78. The molecule has 1 atom stereocenters. The fourth-order valence-corrected chi connectivity index (χ4v) is 3.92. The maximum absolute atomic E-state index is 12.7. The Balaban J connectivity index is 1.49. The molecule has 0 saturated heterocycles. The number of hydrogen-bond donors (Lipinski definition) is 1. The van der Waals surface area contributed by atoms with Crippen LogP contribution < -0.4 is 10.1 Å². The molecule has 0 spiro atoms. The second-order valence-electron chi connectivity index (χ2n) is 7.07. The van der Waals surface area contributed by atoms with Crippen molar-refractivity contribution >= 4 is 11.7 Å². The number of nitrogens with zero attached hydrogens (tertiary/aromatic N) is 3. The Kier molecular flexibility index (Phi) is 4.16. The van der Waals surface area contributed by atoms with Crippen molar-refractivity contribution in [2.45, 2.75) is 31.9 Å². The number of rotatable bonds is 4. The topological polar surface area (TPSA) is 69.0 Å². The summed E-state index contributed by atoms with van der Waals surface area (Å²) in [5.41, 5.74) is 3.85. The van der Waals surface area contributed by atoms with Crippen molar-refractivity contribution in [2.75, 3.05) is 5.32 Å². The van der Waals surface area contributed by atoms with Gasteiger partial charge < -0.3 is 10.1 Å². The minimum atomic E-state index is -0.276. The second kappa shape index (κ2) is 6.96. The molecular weight excluding hydrogens is 352 g/mol. The number of aromatic nitrogens is 3. The third-order valence-electron chi connectivity index (χ3n) is 5.23. The quantitative estimate of drug-likeness (QED) is 0.753. The number of ketones is 1. The summed E-state index contributed by atoms with van der Waals surface area (Å²) in [6.45, 7) is 0.498. The molecule has 0 amide bonds. The summed E-state index contributed by atoms with van der Waals surface area (Å²) in [6, 6.07) is 17.7. The molecule has 1 N–H and O–H groups in total. The zero-order chi connectivity index (χ0) is 18.9. The van der Waals surface area contributed by atoms with Gasteiger partial charge in [-0.25, -0.2) is 4.68 Å². The van der Waals surface area contributed by atoms with E-state index in [1.54, 1.807) is 4.68 Å². The Labute approximate surface area is 162 Å². The Morgan fingerprint density at radius 3 is 2.89 bits per heavy atom. The van der Waals surface area contributed by atoms with E-state index >= 15 is 0 Å².